The van der Waals surface area contributed by atoms with Crippen molar-refractivity contribution in [1.82, 2.24) is 0 Å². The van der Waals surface area contributed by atoms with Crippen molar-refractivity contribution in [1.29, 1.82) is 0 Å². The van der Waals surface area contributed by atoms with Gasteiger partial charge in [0.25, 0.3) is 0 Å². The highest BCUT2D eigenvalue weighted by Gasteiger charge is 2.21. The third kappa shape index (κ3) is 7.47. The summed E-state index contributed by atoms with van der Waals surface area (Å²) in [6.45, 7) is 9.69. The zero-order valence-corrected chi connectivity index (χ0v) is 11.1. The predicted molar refractivity (Wildman–Crippen MR) is 59.6 cm³/mol. The fourth-order valence-corrected chi connectivity index (χ4v) is 3.38. The van der Waals surface area contributed by atoms with E-state index in [9.17, 15) is 4.39 Å². The summed E-state index contributed by atoms with van der Waals surface area (Å²) < 4.78 is 24.4. The first kappa shape index (κ1) is 14.1. The van der Waals surface area contributed by atoms with Crippen LogP contribution in [0.15, 0.2) is 0 Å². The fraction of sp³-hybridized carbons (Fsp3) is 1.00. The molecule has 0 saturated heterocycles. The van der Waals surface area contributed by atoms with Crippen LogP contribution in [-0.4, -0.2) is 27.7 Å². The van der Waals surface area contributed by atoms with Crippen LogP contribution in [0.1, 0.15) is 41.0 Å². The molecule has 0 aromatic heterocycles. The summed E-state index contributed by atoms with van der Waals surface area (Å²) in [4.78, 5) is 0. The molecule has 0 aromatic rings. The van der Waals surface area contributed by atoms with E-state index < -0.39 is 15.5 Å². The minimum atomic E-state index is -1.80. The van der Waals surface area contributed by atoms with Crippen LogP contribution in [0.25, 0.3) is 0 Å². The Labute approximate surface area is 88.6 Å². The quantitative estimate of drug-likeness (QED) is 0.617. The molecule has 0 bridgehead atoms. The smallest absolute Gasteiger partial charge is 0.324 e. The van der Waals surface area contributed by atoms with Crippen LogP contribution in [0, 0.1) is 0 Å². The Morgan fingerprint density at radius 1 is 1.07 bits per heavy atom. The summed E-state index contributed by atoms with van der Waals surface area (Å²) >= 11 is 0. The average molecular weight is 222 g/mol. The van der Waals surface area contributed by atoms with Gasteiger partial charge in [0, 0.05) is 18.3 Å². The van der Waals surface area contributed by atoms with Gasteiger partial charge in [0.15, 0.2) is 0 Å². The highest BCUT2D eigenvalue weighted by atomic mass is 28.3. The summed E-state index contributed by atoms with van der Waals surface area (Å²) in [5.74, 6) is 0. The Kier molecular flexibility index (Phi) is 7.41. The Hall–Kier alpha value is 0.0669. The first-order valence-corrected chi connectivity index (χ1v) is 7.16. The lowest BCUT2D eigenvalue weighted by molar-refractivity contribution is 0.123. The molecule has 0 N–H and O–H groups in total. The largest absolute Gasteiger partial charge is 0.394 e. The summed E-state index contributed by atoms with van der Waals surface area (Å²) in [5, 5.41) is 0. The van der Waals surface area contributed by atoms with E-state index in [-0.39, 0.29) is 12.2 Å². The summed E-state index contributed by atoms with van der Waals surface area (Å²) in [6, 6.07) is 0.465. The second-order valence-corrected chi connectivity index (χ2v) is 5.92. The molecule has 1 unspecified atom stereocenters. The molecule has 0 aliphatic heterocycles. The first-order chi connectivity index (χ1) is 6.45. The maximum absolute atomic E-state index is 13.2. The molecule has 0 radical (unpaired) electrons. The van der Waals surface area contributed by atoms with Crippen LogP contribution >= 0.6 is 0 Å². The molecular weight excluding hydrogens is 199 g/mol. The minimum absolute atomic E-state index is 0.134. The van der Waals surface area contributed by atoms with Gasteiger partial charge in [0.1, 0.15) is 6.17 Å². The van der Waals surface area contributed by atoms with E-state index in [4.69, 9.17) is 8.85 Å². The molecule has 2 nitrogen and oxygen atoms in total. The first-order valence-electron chi connectivity index (χ1n) is 5.40. The van der Waals surface area contributed by atoms with Gasteiger partial charge in [-0.1, -0.05) is 6.92 Å². The Morgan fingerprint density at radius 3 is 1.79 bits per heavy atom. The van der Waals surface area contributed by atoms with Crippen molar-refractivity contribution in [2.24, 2.45) is 0 Å². The van der Waals surface area contributed by atoms with Crippen LogP contribution in [0.3, 0.4) is 0 Å². The van der Waals surface area contributed by atoms with Crippen LogP contribution in [0.2, 0.25) is 6.04 Å². The van der Waals surface area contributed by atoms with E-state index in [1.807, 2.05) is 34.6 Å². The van der Waals surface area contributed by atoms with Gasteiger partial charge in [0.2, 0.25) is 0 Å². The molecule has 14 heavy (non-hydrogen) atoms. The lowest BCUT2D eigenvalue weighted by Gasteiger charge is -2.22. The number of alkyl halides is 1. The van der Waals surface area contributed by atoms with Crippen molar-refractivity contribution in [2.45, 2.75) is 65.5 Å². The topological polar surface area (TPSA) is 18.5 Å². The van der Waals surface area contributed by atoms with E-state index >= 15 is 0 Å². The minimum Gasteiger partial charge on any atom is -0.394 e. The second-order valence-electron chi connectivity index (χ2n) is 4.04. The van der Waals surface area contributed by atoms with Crippen LogP contribution in [0.4, 0.5) is 4.39 Å². The van der Waals surface area contributed by atoms with Crippen molar-refractivity contribution in [3.8, 4) is 0 Å². The maximum atomic E-state index is 13.2. The summed E-state index contributed by atoms with van der Waals surface area (Å²) in [6.07, 6.45) is 0.0416. The van der Waals surface area contributed by atoms with Crippen molar-refractivity contribution < 1.29 is 13.2 Å². The van der Waals surface area contributed by atoms with Gasteiger partial charge in [-0.3, -0.25) is 0 Å². The molecule has 0 heterocycles. The lowest BCUT2D eigenvalue weighted by atomic mass is 10.3. The molecule has 0 aliphatic carbocycles. The fourth-order valence-electron chi connectivity index (χ4n) is 1.13. The van der Waals surface area contributed by atoms with Crippen molar-refractivity contribution in [2.75, 3.05) is 0 Å². The lowest BCUT2D eigenvalue weighted by Crippen LogP contribution is -2.31. The molecule has 4 heteroatoms. The summed E-state index contributed by atoms with van der Waals surface area (Å²) in [7, 11) is -1.80. The number of hydrogen-bond acceptors (Lipinski definition) is 2. The average Bonchev–Trinajstić information content (AvgIpc) is 2.01. The van der Waals surface area contributed by atoms with Gasteiger partial charge in [-0.05, 0) is 34.1 Å². The third-order valence-electron chi connectivity index (χ3n) is 1.74. The predicted octanol–water partition coefficient (Wildman–Crippen LogP) is 2.81. The zero-order chi connectivity index (χ0) is 11.1. The molecule has 0 aliphatic rings. The maximum Gasteiger partial charge on any atom is 0.324 e. The van der Waals surface area contributed by atoms with Gasteiger partial charge in [-0.2, -0.15) is 0 Å². The number of halogens is 1. The van der Waals surface area contributed by atoms with Crippen LogP contribution in [0.5, 0.6) is 0 Å². The molecule has 86 valence electrons. The van der Waals surface area contributed by atoms with Crippen LogP contribution < -0.4 is 0 Å². The highest BCUT2D eigenvalue weighted by Crippen LogP contribution is 2.12. The number of hydrogen-bond donors (Lipinski definition) is 0. The molecule has 0 fully saturated rings. The SMILES string of the molecule is CCC(F)C[SiH](OC(C)C)OC(C)C. The second kappa shape index (κ2) is 7.37. The van der Waals surface area contributed by atoms with Gasteiger partial charge in [-0.25, -0.2) is 4.39 Å². The van der Waals surface area contributed by atoms with Gasteiger partial charge in [0.05, 0.1) is 0 Å². The molecule has 0 amide bonds. The molecule has 0 aromatic carbocycles. The Morgan fingerprint density at radius 2 is 1.50 bits per heavy atom. The Bertz CT molecular complexity index is 132. The molecular formula is C10H23FO2Si. The highest BCUT2D eigenvalue weighted by molar-refractivity contribution is 6.44. The van der Waals surface area contributed by atoms with Gasteiger partial charge < -0.3 is 8.85 Å². The molecule has 0 saturated carbocycles. The standard InChI is InChI=1S/C10H23FO2Si/c1-6-10(11)7-14(12-8(2)3)13-9(4)5/h8-10,14H,6-7H2,1-5H3. The van der Waals surface area contributed by atoms with Gasteiger partial charge in [-0.15, -0.1) is 0 Å². The zero-order valence-electron chi connectivity index (χ0n) is 9.92. The van der Waals surface area contributed by atoms with E-state index in [1.165, 1.54) is 0 Å². The van der Waals surface area contributed by atoms with Crippen LogP contribution in [-0.2, 0) is 8.85 Å². The van der Waals surface area contributed by atoms with E-state index in [0.717, 1.165) is 0 Å². The third-order valence-corrected chi connectivity index (χ3v) is 4.33. The van der Waals surface area contributed by atoms with E-state index in [0.29, 0.717) is 12.5 Å². The monoisotopic (exact) mass is 222 g/mol. The van der Waals surface area contributed by atoms with Crippen molar-refractivity contribution >= 4 is 9.28 Å². The Balaban J connectivity index is 3.96. The van der Waals surface area contributed by atoms with Crippen molar-refractivity contribution in [3.05, 3.63) is 0 Å². The van der Waals surface area contributed by atoms with E-state index in [1.54, 1.807) is 0 Å². The van der Waals surface area contributed by atoms with E-state index in [2.05, 4.69) is 0 Å². The summed E-state index contributed by atoms with van der Waals surface area (Å²) in [5.41, 5.74) is 0. The van der Waals surface area contributed by atoms with Gasteiger partial charge >= 0.3 is 9.28 Å². The molecule has 0 rings (SSSR count). The normalized spacial score (nSPS) is 14.4. The van der Waals surface area contributed by atoms with Crippen molar-refractivity contribution in [3.63, 3.8) is 0 Å². The number of rotatable bonds is 7. The molecule has 0 spiro atoms. The molecule has 1 atom stereocenters.